The summed E-state index contributed by atoms with van der Waals surface area (Å²) in [7, 11) is 0. The smallest absolute Gasteiger partial charge is 0.319 e. The molecule has 154 valence electrons. The number of Topliss-reactive ketones (excluding diaryl/α,β-unsaturated/α-hetero) is 1. The predicted octanol–water partition coefficient (Wildman–Crippen LogP) is 3.64. The van der Waals surface area contributed by atoms with E-state index in [1.807, 2.05) is 24.3 Å². The molecule has 2 N–H and O–H groups in total. The van der Waals surface area contributed by atoms with Crippen LogP contribution >= 0.6 is 0 Å². The zero-order valence-electron chi connectivity index (χ0n) is 16.6. The van der Waals surface area contributed by atoms with E-state index in [0.717, 1.165) is 18.8 Å². The SMILES string of the molecule is C=[N+]([O-])c1ccccc1C1NC(=O)NC=C1C(=O)c1ccc(N2CCCCC2)cc1. The van der Waals surface area contributed by atoms with Gasteiger partial charge < -0.3 is 20.7 Å². The molecule has 2 aliphatic rings. The van der Waals surface area contributed by atoms with Crippen LogP contribution in [0.4, 0.5) is 16.2 Å². The van der Waals surface area contributed by atoms with Crippen LogP contribution in [-0.4, -0.2) is 36.4 Å². The maximum absolute atomic E-state index is 13.3. The summed E-state index contributed by atoms with van der Waals surface area (Å²) in [6.07, 6.45) is 5.04. The third-order valence-electron chi connectivity index (χ3n) is 5.57. The first-order valence-corrected chi connectivity index (χ1v) is 10.1. The fourth-order valence-electron chi connectivity index (χ4n) is 4.02. The van der Waals surface area contributed by atoms with Gasteiger partial charge in [-0.25, -0.2) is 4.79 Å². The van der Waals surface area contributed by atoms with Crippen molar-refractivity contribution in [2.24, 2.45) is 0 Å². The highest BCUT2D eigenvalue weighted by Gasteiger charge is 2.32. The molecule has 7 nitrogen and oxygen atoms in total. The predicted molar refractivity (Wildman–Crippen MR) is 116 cm³/mol. The van der Waals surface area contributed by atoms with E-state index in [4.69, 9.17) is 0 Å². The molecule has 1 atom stereocenters. The number of para-hydroxylation sites is 1. The maximum Gasteiger partial charge on any atom is 0.319 e. The number of hydrogen-bond acceptors (Lipinski definition) is 4. The zero-order chi connectivity index (χ0) is 21.1. The Hall–Kier alpha value is -3.61. The van der Waals surface area contributed by atoms with Gasteiger partial charge in [-0.05, 0) is 49.6 Å². The number of rotatable bonds is 5. The molecule has 4 rings (SSSR count). The molecule has 2 amide bonds. The first-order valence-electron chi connectivity index (χ1n) is 10.1. The number of amides is 2. The van der Waals surface area contributed by atoms with E-state index in [1.54, 1.807) is 24.3 Å². The Balaban J connectivity index is 1.63. The maximum atomic E-state index is 13.3. The highest BCUT2D eigenvalue weighted by atomic mass is 16.5. The molecule has 0 aromatic heterocycles. The average molecular weight is 404 g/mol. The van der Waals surface area contributed by atoms with Gasteiger partial charge in [-0.1, -0.05) is 12.1 Å². The second-order valence-corrected chi connectivity index (χ2v) is 7.51. The van der Waals surface area contributed by atoms with E-state index >= 15 is 0 Å². The van der Waals surface area contributed by atoms with E-state index in [2.05, 4.69) is 22.3 Å². The van der Waals surface area contributed by atoms with E-state index in [1.165, 1.54) is 25.5 Å². The molecule has 30 heavy (non-hydrogen) atoms. The number of ketones is 1. The molecule has 0 bridgehead atoms. The lowest BCUT2D eigenvalue weighted by Crippen LogP contribution is -2.42. The molecule has 0 saturated carbocycles. The quantitative estimate of drug-likeness (QED) is 0.262. The molecule has 2 heterocycles. The number of nitrogens with one attached hydrogen (secondary N) is 2. The summed E-state index contributed by atoms with van der Waals surface area (Å²) in [5, 5.41) is 17.2. The third kappa shape index (κ3) is 3.91. The van der Waals surface area contributed by atoms with Crippen LogP contribution in [0.3, 0.4) is 0 Å². The minimum absolute atomic E-state index is 0.214. The largest absolute Gasteiger partial charge is 0.619 e. The summed E-state index contributed by atoms with van der Waals surface area (Å²) in [4.78, 5) is 27.6. The lowest BCUT2D eigenvalue weighted by molar-refractivity contribution is -0.350. The number of piperidine rings is 1. The van der Waals surface area contributed by atoms with Gasteiger partial charge in [0, 0.05) is 42.2 Å². The van der Waals surface area contributed by atoms with Crippen LogP contribution in [0, 0.1) is 5.21 Å². The Morgan fingerprint density at radius 2 is 1.77 bits per heavy atom. The first-order chi connectivity index (χ1) is 14.5. The van der Waals surface area contributed by atoms with E-state index in [0.29, 0.717) is 27.1 Å². The first kappa shape index (κ1) is 19.7. The van der Waals surface area contributed by atoms with Crippen LogP contribution in [0.15, 0.2) is 60.3 Å². The Labute approximate surface area is 175 Å². The van der Waals surface area contributed by atoms with Gasteiger partial charge in [-0.3, -0.25) is 4.79 Å². The number of hydrogen-bond donors (Lipinski definition) is 2. The van der Waals surface area contributed by atoms with E-state index < -0.39 is 12.1 Å². The van der Waals surface area contributed by atoms with Crippen molar-refractivity contribution in [1.29, 1.82) is 0 Å². The molecule has 0 radical (unpaired) electrons. The summed E-state index contributed by atoms with van der Waals surface area (Å²) in [6, 6.07) is 13.2. The molecule has 2 aromatic rings. The lowest BCUT2D eigenvalue weighted by Gasteiger charge is -2.29. The number of urea groups is 1. The average Bonchev–Trinajstić information content (AvgIpc) is 2.79. The fourth-order valence-corrected chi connectivity index (χ4v) is 4.02. The van der Waals surface area contributed by atoms with Crippen molar-refractivity contribution in [2.75, 3.05) is 18.0 Å². The minimum atomic E-state index is -0.748. The summed E-state index contributed by atoms with van der Waals surface area (Å²) in [6.45, 7) is 5.47. The minimum Gasteiger partial charge on any atom is -0.619 e. The highest BCUT2D eigenvalue weighted by Crippen LogP contribution is 2.32. The van der Waals surface area contributed by atoms with Crippen molar-refractivity contribution in [1.82, 2.24) is 10.6 Å². The fraction of sp³-hybridized carbons (Fsp3) is 0.261. The Morgan fingerprint density at radius 3 is 2.47 bits per heavy atom. The van der Waals surface area contributed by atoms with Crippen LogP contribution < -0.4 is 15.5 Å². The Kier molecular flexibility index (Phi) is 5.52. The number of benzene rings is 2. The van der Waals surface area contributed by atoms with Crippen LogP contribution in [0.5, 0.6) is 0 Å². The second-order valence-electron chi connectivity index (χ2n) is 7.51. The molecule has 1 saturated heterocycles. The number of nitrogens with zero attached hydrogens (tertiary/aromatic N) is 2. The van der Waals surface area contributed by atoms with Gasteiger partial charge in [0.2, 0.25) is 5.69 Å². The summed E-state index contributed by atoms with van der Waals surface area (Å²) < 4.78 is 0.485. The van der Waals surface area contributed by atoms with Crippen LogP contribution in [0.25, 0.3) is 0 Å². The van der Waals surface area contributed by atoms with Gasteiger partial charge in [0.15, 0.2) is 5.78 Å². The van der Waals surface area contributed by atoms with E-state index in [9.17, 15) is 14.8 Å². The van der Waals surface area contributed by atoms with Gasteiger partial charge in [0.05, 0.1) is 11.6 Å². The molecule has 1 unspecified atom stereocenters. The van der Waals surface area contributed by atoms with Crippen molar-refractivity contribution in [2.45, 2.75) is 25.3 Å². The van der Waals surface area contributed by atoms with Gasteiger partial charge in [-0.15, -0.1) is 0 Å². The monoisotopic (exact) mass is 404 g/mol. The molecule has 7 heteroatoms. The number of anilines is 1. The summed E-state index contributed by atoms with van der Waals surface area (Å²) in [5.41, 5.74) is 2.80. The highest BCUT2D eigenvalue weighted by molar-refractivity contribution is 6.10. The Morgan fingerprint density at radius 1 is 1.07 bits per heavy atom. The van der Waals surface area contributed by atoms with Crippen LogP contribution in [-0.2, 0) is 0 Å². The van der Waals surface area contributed by atoms with E-state index in [-0.39, 0.29) is 5.78 Å². The van der Waals surface area contributed by atoms with Gasteiger partial charge in [-0.2, -0.15) is 4.74 Å². The Bertz CT molecular complexity index is 1010. The van der Waals surface area contributed by atoms with Gasteiger partial charge in [0.1, 0.15) is 6.72 Å². The molecular formula is C23H24N4O3. The normalized spacial score (nSPS) is 18.8. The van der Waals surface area contributed by atoms with Gasteiger partial charge >= 0.3 is 6.03 Å². The topological polar surface area (TPSA) is 87.5 Å². The van der Waals surface area contributed by atoms with Crippen LogP contribution in [0.1, 0.15) is 41.2 Å². The summed E-state index contributed by atoms with van der Waals surface area (Å²) >= 11 is 0. The van der Waals surface area contributed by atoms with Gasteiger partial charge in [0.25, 0.3) is 0 Å². The molecule has 2 aromatic carbocycles. The third-order valence-corrected chi connectivity index (χ3v) is 5.57. The number of carbonyl (C=O) groups is 2. The molecule has 0 aliphatic carbocycles. The number of carbonyl (C=O) groups excluding carboxylic acids is 2. The van der Waals surface area contributed by atoms with Crippen molar-refractivity contribution >= 4 is 29.9 Å². The standard InChI is InChI=1S/C23H24N4O3/c1-26(30)20-8-4-3-7-18(20)21-19(15-24-23(29)25-21)22(28)16-9-11-17(12-10-16)27-13-5-2-6-14-27/h3-4,7-12,15,21H,1-2,5-6,13-14H2,(H2,24,25,29). The zero-order valence-corrected chi connectivity index (χ0v) is 16.6. The summed E-state index contributed by atoms with van der Waals surface area (Å²) in [5.74, 6) is -0.214. The molecule has 2 aliphatic heterocycles. The van der Waals surface area contributed by atoms with Crippen molar-refractivity contribution < 1.29 is 14.3 Å². The van der Waals surface area contributed by atoms with Crippen molar-refractivity contribution in [3.05, 3.63) is 76.6 Å². The second kappa shape index (κ2) is 8.41. The lowest BCUT2D eigenvalue weighted by atomic mass is 9.91. The van der Waals surface area contributed by atoms with Crippen molar-refractivity contribution in [3.63, 3.8) is 0 Å². The van der Waals surface area contributed by atoms with Crippen molar-refractivity contribution in [3.8, 4) is 0 Å². The molecule has 0 spiro atoms. The molecular weight excluding hydrogens is 380 g/mol. The molecule has 1 fully saturated rings. The van der Waals surface area contributed by atoms with Crippen LogP contribution in [0.2, 0.25) is 0 Å².